The maximum atomic E-state index is 10.5. The highest BCUT2D eigenvalue weighted by atomic mass is 16.6. The first-order valence-corrected chi connectivity index (χ1v) is 5.05. The number of nitrogens with two attached hydrogens (primary N) is 1. The monoisotopic (exact) mass is 229 g/mol. The molecule has 0 aliphatic heterocycles. The van der Waals surface area contributed by atoms with Crippen LogP contribution in [0.4, 0.5) is 4.79 Å². The Morgan fingerprint density at radius 3 is 2.53 bits per heavy atom. The number of primary amides is 1. The van der Waals surface area contributed by atoms with E-state index in [2.05, 4.69) is 14.7 Å². The third-order valence-electron chi connectivity index (χ3n) is 2.16. The number of carbonyl (C=O) groups excluding carboxylic acids is 1. The average molecular weight is 229 g/mol. The van der Waals surface area contributed by atoms with E-state index in [1.165, 1.54) is 0 Å². The van der Waals surface area contributed by atoms with Gasteiger partial charge in [-0.15, -0.1) is 0 Å². The minimum Gasteiger partial charge on any atom is -0.391 e. The van der Waals surface area contributed by atoms with Gasteiger partial charge in [-0.05, 0) is 29.7 Å². The molecule has 5 heteroatoms. The van der Waals surface area contributed by atoms with Crippen molar-refractivity contribution in [3.63, 3.8) is 0 Å². The maximum absolute atomic E-state index is 10.5. The molecule has 0 radical (unpaired) electrons. The van der Waals surface area contributed by atoms with Gasteiger partial charge < -0.3 is 10.5 Å². The lowest BCUT2D eigenvalue weighted by atomic mass is 10.1. The summed E-state index contributed by atoms with van der Waals surface area (Å²) in [5, 5.41) is 0. The zero-order valence-corrected chi connectivity index (χ0v) is 9.04. The number of aromatic nitrogens is 2. The zero-order chi connectivity index (χ0) is 12.1. The first kappa shape index (κ1) is 11.1. The van der Waals surface area contributed by atoms with E-state index in [1.54, 1.807) is 24.7 Å². The van der Waals surface area contributed by atoms with Crippen molar-refractivity contribution in [3.8, 4) is 5.88 Å². The van der Waals surface area contributed by atoms with Gasteiger partial charge in [0.15, 0.2) is 0 Å². The first-order chi connectivity index (χ1) is 8.24. The van der Waals surface area contributed by atoms with Crippen LogP contribution in [0.3, 0.4) is 0 Å². The minimum atomic E-state index is -0.862. The van der Waals surface area contributed by atoms with Crippen molar-refractivity contribution in [2.45, 2.75) is 6.42 Å². The number of carbonyl (C=O) groups is 1. The summed E-state index contributed by atoms with van der Waals surface area (Å²) in [6.07, 6.45) is 5.03. The van der Waals surface area contributed by atoms with Crippen LogP contribution >= 0.6 is 0 Å². The third-order valence-corrected chi connectivity index (χ3v) is 2.16. The smallest absolute Gasteiger partial charge is 0.391 e. The normalized spacial score (nSPS) is 9.88. The fourth-order valence-electron chi connectivity index (χ4n) is 1.42. The third kappa shape index (κ3) is 3.27. The van der Waals surface area contributed by atoms with E-state index in [-0.39, 0.29) is 5.88 Å². The Labute approximate surface area is 98.3 Å². The maximum Gasteiger partial charge on any atom is 0.411 e. The van der Waals surface area contributed by atoms with Gasteiger partial charge >= 0.3 is 6.09 Å². The molecular weight excluding hydrogens is 218 g/mol. The molecule has 2 aromatic heterocycles. The predicted molar refractivity (Wildman–Crippen MR) is 61.5 cm³/mol. The number of rotatable bonds is 3. The van der Waals surface area contributed by atoms with Crippen molar-refractivity contribution < 1.29 is 9.53 Å². The molecule has 2 N–H and O–H groups in total. The molecule has 5 nitrogen and oxygen atoms in total. The molecule has 0 saturated carbocycles. The van der Waals surface area contributed by atoms with Gasteiger partial charge in [0.2, 0.25) is 5.88 Å². The van der Waals surface area contributed by atoms with Crippen LogP contribution in [0.1, 0.15) is 11.1 Å². The van der Waals surface area contributed by atoms with Crippen LogP contribution < -0.4 is 10.5 Å². The van der Waals surface area contributed by atoms with Crippen LogP contribution in [0.15, 0.2) is 42.9 Å². The molecule has 0 bridgehead atoms. The predicted octanol–water partition coefficient (Wildman–Crippen LogP) is 1.52. The molecule has 0 fully saturated rings. The van der Waals surface area contributed by atoms with Crippen LogP contribution in [0.5, 0.6) is 5.88 Å². The van der Waals surface area contributed by atoms with Crippen LogP contribution in [0.2, 0.25) is 0 Å². The van der Waals surface area contributed by atoms with Crippen LogP contribution in [0.25, 0.3) is 0 Å². The summed E-state index contributed by atoms with van der Waals surface area (Å²) in [4.78, 5) is 18.4. The van der Waals surface area contributed by atoms with E-state index < -0.39 is 6.09 Å². The molecule has 0 spiro atoms. The molecule has 0 saturated heterocycles. The molecule has 86 valence electrons. The lowest BCUT2D eigenvalue weighted by Crippen LogP contribution is -2.16. The van der Waals surface area contributed by atoms with Crippen molar-refractivity contribution in [2.75, 3.05) is 0 Å². The Morgan fingerprint density at radius 2 is 1.94 bits per heavy atom. The highest BCUT2D eigenvalue weighted by Crippen LogP contribution is 2.11. The quantitative estimate of drug-likeness (QED) is 0.865. The average Bonchev–Trinajstić information content (AvgIpc) is 2.32. The second kappa shape index (κ2) is 5.07. The number of nitrogens with zero attached hydrogens (tertiary/aromatic N) is 2. The standard InChI is InChI=1S/C12H11N3O2/c13-12(16)17-11-2-1-10(8-15-11)7-9-3-5-14-6-4-9/h1-6,8H,7H2,(H2,13,16). The summed E-state index contributed by atoms with van der Waals surface area (Å²) in [5.41, 5.74) is 7.04. The largest absolute Gasteiger partial charge is 0.411 e. The lowest BCUT2D eigenvalue weighted by molar-refractivity contribution is 0.209. The summed E-state index contributed by atoms with van der Waals surface area (Å²) in [6.45, 7) is 0. The van der Waals surface area contributed by atoms with E-state index in [0.717, 1.165) is 17.5 Å². The molecule has 0 aliphatic rings. The molecular formula is C12H11N3O2. The van der Waals surface area contributed by atoms with Crippen molar-refractivity contribution in [2.24, 2.45) is 5.73 Å². The Bertz CT molecular complexity index is 497. The topological polar surface area (TPSA) is 78.1 Å². The molecule has 0 unspecified atom stereocenters. The molecule has 1 amide bonds. The summed E-state index contributed by atoms with van der Waals surface area (Å²) in [5.74, 6) is 0.205. The number of ether oxygens (including phenoxy) is 1. The minimum absolute atomic E-state index is 0.205. The SMILES string of the molecule is NC(=O)Oc1ccc(Cc2ccncc2)cn1. The van der Waals surface area contributed by atoms with Gasteiger partial charge in [-0.2, -0.15) is 0 Å². The van der Waals surface area contributed by atoms with E-state index in [4.69, 9.17) is 5.73 Å². The van der Waals surface area contributed by atoms with Gasteiger partial charge in [0.05, 0.1) is 0 Å². The van der Waals surface area contributed by atoms with E-state index in [0.29, 0.717) is 0 Å². The Kier molecular flexibility index (Phi) is 3.30. The van der Waals surface area contributed by atoms with Crippen LogP contribution in [-0.4, -0.2) is 16.1 Å². The number of pyridine rings is 2. The van der Waals surface area contributed by atoms with Gasteiger partial charge in [0, 0.05) is 24.7 Å². The van der Waals surface area contributed by atoms with Crippen LogP contribution in [0, 0.1) is 0 Å². The van der Waals surface area contributed by atoms with Crippen LogP contribution in [-0.2, 0) is 6.42 Å². The number of hydrogen-bond donors (Lipinski definition) is 1. The van der Waals surface area contributed by atoms with Gasteiger partial charge in [-0.1, -0.05) is 6.07 Å². The summed E-state index contributed by atoms with van der Waals surface area (Å²) < 4.78 is 4.64. The highest BCUT2D eigenvalue weighted by Gasteiger charge is 2.01. The van der Waals surface area contributed by atoms with Crippen molar-refractivity contribution in [3.05, 3.63) is 54.0 Å². The lowest BCUT2D eigenvalue weighted by Gasteiger charge is -2.02. The zero-order valence-electron chi connectivity index (χ0n) is 9.04. The molecule has 2 aromatic rings. The first-order valence-electron chi connectivity index (χ1n) is 5.05. The van der Waals surface area contributed by atoms with E-state index >= 15 is 0 Å². The van der Waals surface area contributed by atoms with Crippen molar-refractivity contribution in [1.82, 2.24) is 9.97 Å². The van der Waals surface area contributed by atoms with Gasteiger partial charge in [-0.3, -0.25) is 4.98 Å². The molecule has 2 rings (SSSR count). The summed E-state index contributed by atoms with van der Waals surface area (Å²) in [6, 6.07) is 7.33. The van der Waals surface area contributed by atoms with Crippen molar-refractivity contribution in [1.29, 1.82) is 0 Å². The molecule has 0 aromatic carbocycles. The number of amides is 1. The Balaban J connectivity index is 2.06. The molecule has 0 atom stereocenters. The molecule has 0 aliphatic carbocycles. The van der Waals surface area contributed by atoms with Crippen molar-refractivity contribution >= 4 is 6.09 Å². The Hall–Kier alpha value is -2.43. The summed E-state index contributed by atoms with van der Waals surface area (Å²) in [7, 11) is 0. The fourth-order valence-corrected chi connectivity index (χ4v) is 1.42. The molecule has 17 heavy (non-hydrogen) atoms. The van der Waals surface area contributed by atoms with Gasteiger partial charge in [0.25, 0.3) is 0 Å². The summed E-state index contributed by atoms with van der Waals surface area (Å²) >= 11 is 0. The fraction of sp³-hybridized carbons (Fsp3) is 0.0833. The molecule has 2 heterocycles. The van der Waals surface area contributed by atoms with E-state index in [1.807, 2.05) is 18.2 Å². The van der Waals surface area contributed by atoms with Gasteiger partial charge in [-0.25, -0.2) is 9.78 Å². The Morgan fingerprint density at radius 1 is 1.18 bits per heavy atom. The van der Waals surface area contributed by atoms with E-state index in [9.17, 15) is 4.79 Å². The highest BCUT2D eigenvalue weighted by molar-refractivity contribution is 5.67. The second-order valence-corrected chi connectivity index (χ2v) is 3.46. The second-order valence-electron chi connectivity index (χ2n) is 3.46. The van der Waals surface area contributed by atoms with Gasteiger partial charge in [0.1, 0.15) is 0 Å². The number of hydrogen-bond acceptors (Lipinski definition) is 4.